The fourth-order valence-corrected chi connectivity index (χ4v) is 5.77. The first-order valence-electron chi connectivity index (χ1n) is 9.97. The lowest BCUT2D eigenvalue weighted by Crippen LogP contribution is -2.34. The molecule has 2 aliphatic rings. The summed E-state index contributed by atoms with van der Waals surface area (Å²) < 4.78 is 54.6. The summed E-state index contributed by atoms with van der Waals surface area (Å²) >= 11 is 0.747. The predicted octanol–water partition coefficient (Wildman–Crippen LogP) is 3.52. The quantitative estimate of drug-likeness (QED) is 0.593. The molecule has 1 aliphatic carbocycles. The molecule has 1 saturated carbocycles. The highest BCUT2D eigenvalue weighted by Gasteiger charge is 2.41. The third-order valence-electron chi connectivity index (χ3n) is 5.57. The summed E-state index contributed by atoms with van der Waals surface area (Å²) in [5.74, 6) is 0.480. The number of sulfonamides is 1. The van der Waals surface area contributed by atoms with E-state index in [-0.39, 0.29) is 9.90 Å². The van der Waals surface area contributed by atoms with Crippen LogP contribution in [0, 0.1) is 0 Å². The molecular formula is C19H20F2N6O2S2. The standard InChI is InChI=1S/C19H20F2N6O2S2/c1-19(6-7-19)26-31(28,29)11-4-5-13-12(10-11)14(16-24-25-17(30-16)15(20)21)23-18(22-13)27-8-2-3-9-27/h4-5,10,15,26H,2-3,6-9H2,1H3. The first-order chi connectivity index (χ1) is 14.7. The van der Waals surface area contributed by atoms with Crippen LogP contribution in [0.1, 0.15) is 44.0 Å². The lowest BCUT2D eigenvalue weighted by molar-refractivity contribution is 0.150. The molecule has 2 fully saturated rings. The van der Waals surface area contributed by atoms with Gasteiger partial charge in [-0.15, -0.1) is 10.2 Å². The molecule has 31 heavy (non-hydrogen) atoms. The third kappa shape index (κ3) is 3.99. The third-order valence-corrected chi connectivity index (χ3v) is 8.14. The van der Waals surface area contributed by atoms with Crippen molar-refractivity contribution in [2.24, 2.45) is 0 Å². The normalized spacial score (nSPS) is 18.3. The number of fused-ring (bicyclic) bond motifs is 1. The molecule has 1 N–H and O–H groups in total. The van der Waals surface area contributed by atoms with Gasteiger partial charge in [-0.1, -0.05) is 11.3 Å². The second-order valence-electron chi connectivity index (χ2n) is 8.16. The van der Waals surface area contributed by atoms with E-state index in [2.05, 4.69) is 24.9 Å². The number of rotatable bonds is 6. The highest BCUT2D eigenvalue weighted by atomic mass is 32.2. The van der Waals surface area contributed by atoms with E-state index in [1.54, 1.807) is 6.07 Å². The number of benzene rings is 1. The molecule has 3 heterocycles. The average Bonchev–Trinajstić information content (AvgIpc) is 3.18. The zero-order valence-electron chi connectivity index (χ0n) is 16.7. The van der Waals surface area contributed by atoms with Crippen LogP contribution in [0.15, 0.2) is 23.1 Å². The molecule has 8 nitrogen and oxygen atoms in total. The molecule has 1 aromatic carbocycles. The zero-order valence-corrected chi connectivity index (χ0v) is 18.3. The SMILES string of the molecule is CC1(NS(=O)(=O)c2ccc3nc(N4CCCC4)nc(-c4nnc(C(F)F)s4)c3c2)CC1. The Kier molecular flexibility index (Phi) is 4.90. The van der Waals surface area contributed by atoms with Crippen LogP contribution in [0.3, 0.4) is 0 Å². The van der Waals surface area contributed by atoms with Gasteiger partial charge in [0.25, 0.3) is 6.43 Å². The second-order valence-corrected chi connectivity index (χ2v) is 10.8. The van der Waals surface area contributed by atoms with E-state index in [4.69, 9.17) is 0 Å². The topological polar surface area (TPSA) is 101 Å². The van der Waals surface area contributed by atoms with Gasteiger partial charge in [0.2, 0.25) is 16.0 Å². The molecule has 0 amide bonds. The highest BCUT2D eigenvalue weighted by Crippen LogP contribution is 2.37. The molecule has 0 atom stereocenters. The number of aromatic nitrogens is 4. The molecule has 0 spiro atoms. The van der Waals surface area contributed by atoms with Crippen molar-refractivity contribution < 1.29 is 17.2 Å². The summed E-state index contributed by atoms with van der Waals surface area (Å²) in [5, 5.41) is 7.71. The number of nitrogens with zero attached hydrogens (tertiary/aromatic N) is 5. The van der Waals surface area contributed by atoms with Crippen molar-refractivity contribution in [3.63, 3.8) is 0 Å². The van der Waals surface area contributed by atoms with E-state index in [1.165, 1.54) is 12.1 Å². The van der Waals surface area contributed by atoms with Crippen LogP contribution in [0.2, 0.25) is 0 Å². The van der Waals surface area contributed by atoms with Gasteiger partial charge in [0, 0.05) is 24.0 Å². The van der Waals surface area contributed by atoms with Crippen molar-refractivity contribution in [2.45, 2.75) is 49.5 Å². The fraction of sp³-hybridized carbons (Fsp3) is 0.474. The van der Waals surface area contributed by atoms with Gasteiger partial charge in [0.15, 0.2) is 10.0 Å². The lowest BCUT2D eigenvalue weighted by atomic mass is 10.2. The summed E-state index contributed by atoms with van der Waals surface area (Å²) in [4.78, 5) is 11.3. The highest BCUT2D eigenvalue weighted by molar-refractivity contribution is 7.89. The number of hydrogen-bond donors (Lipinski definition) is 1. The van der Waals surface area contributed by atoms with Crippen LogP contribution in [-0.4, -0.2) is 47.2 Å². The van der Waals surface area contributed by atoms with E-state index in [0.29, 0.717) is 22.5 Å². The van der Waals surface area contributed by atoms with E-state index in [1.807, 2.05) is 11.8 Å². The second kappa shape index (κ2) is 7.38. The van der Waals surface area contributed by atoms with Crippen LogP contribution >= 0.6 is 11.3 Å². The van der Waals surface area contributed by atoms with Crippen molar-refractivity contribution in [3.8, 4) is 10.7 Å². The van der Waals surface area contributed by atoms with Crippen molar-refractivity contribution in [1.82, 2.24) is 24.9 Å². The maximum Gasteiger partial charge on any atom is 0.291 e. The molecule has 1 saturated heterocycles. The Balaban J connectivity index is 1.65. The fourth-order valence-electron chi connectivity index (χ4n) is 3.58. The minimum atomic E-state index is -3.75. The Morgan fingerprint density at radius 2 is 1.90 bits per heavy atom. The van der Waals surface area contributed by atoms with E-state index >= 15 is 0 Å². The average molecular weight is 467 g/mol. The number of nitrogens with one attached hydrogen (secondary N) is 1. The zero-order chi connectivity index (χ0) is 21.8. The molecule has 12 heteroatoms. The maximum atomic E-state index is 13.1. The van der Waals surface area contributed by atoms with Gasteiger partial charge in [0.05, 0.1) is 10.4 Å². The van der Waals surface area contributed by atoms with Crippen LogP contribution in [0.25, 0.3) is 21.6 Å². The molecule has 1 aliphatic heterocycles. The molecule has 5 rings (SSSR count). The van der Waals surface area contributed by atoms with E-state index < -0.39 is 27.0 Å². The Hall–Kier alpha value is -2.31. The van der Waals surface area contributed by atoms with Crippen LogP contribution in [-0.2, 0) is 10.0 Å². The van der Waals surface area contributed by atoms with Crippen LogP contribution in [0.5, 0.6) is 0 Å². The Morgan fingerprint density at radius 3 is 2.55 bits per heavy atom. The first kappa shape index (κ1) is 20.6. The number of anilines is 1. The maximum absolute atomic E-state index is 13.1. The van der Waals surface area contributed by atoms with Gasteiger partial charge in [-0.3, -0.25) is 0 Å². The van der Waals surface area contributed by atoms with Crippen LogP contribution < -0.4 is 9.62 Å². The first-order valence-corrected chi connectivity index (χ1v) is 12.3. The monoisotopic (exact) mass is 466 g/mol. The van der Waals surface area contributed by atoms with Gasteiger partial charge < -0.3 is 4.90 Å². The van der Waals surface area contributed by atoms with Gasteiger partial charge in [-0.05, 0) is 50.8 Å². The molecule has 0 unspecified atom stereocenters. The van der Waals surface area contributed by atoms with E-state index in [0.717, 1.165) is 50.1 Å². The number of hydrogen-bond acceptors (Lipinski definition) is 8. The molecule has 3 aromatic rings. The summed E-state index contributed by atoms with van der Waals surface area (Å²) in [7, 11) is -3.75. The molecule has 0 radical (unpaired) electrons. The van der Waals surface area contributed by atoms with Crippen molar-refractivity contribution in [1.29, 1.82) is 0 Å². The Bertz CT molecular complexity index is 1250. The largest absolute Gasteiger partial charge is 0.341 e. The number of halogens is 2. The number of alkyl halides is 2. The predicted molar refractivity (Wildman–Crippen MR) is 113 cm³/mol. The summed E-state index contributed by atoms with van der Waals surface area (Å²) in [6, 6.07) is 4.61. The van der Waals surface area contributed by atoms with Gasteiger partial charge in [0.1, 0.15) is 5.69 Å². The minimum absolute atomic E-state index is 0.0745. The van der Waals surface area contributed by atoms with Crippen LogP contribution in [0.4, 0.5) is 14.7 Å². The summed E-state index contributed by atoms with van der Waals surface area (Å²) in [5.41, 5.74) is 0.418. The minimum Gasteiger partial charge on any atom is -0.341 e. The van der Waals surface area contributed by atoms with Crippen molar-refractivity contribution in [2.75, 3.05) is 18.0 Å². The summed E-state index contributed by atoms with van der Waals surface area (Å²) in [6.45, 7) is 3.46. The van der Waals surface area contributed by atoms with Crippen molar-refractivity contribution in [3.05, 3.63) is 23.2 Å². The molecular weight excluding hydrogens is 446 g/mol. The molecule has 164 valence electrons. The Labute approximate surface area is 181 Å². The molecule has 2 aromatic heterocycles. The molecule has 0 bridgehead atoms. The Morgan fingerprint density at radius 1 is 1.16 bits per heavy atom. The van der Waals surface area contributed by atoms with Gasteiger partial charge >= 0.3 is 0 Å². The van der Waals surface area contributed by atoms with Gasteiger partial charge in [-0.25, -0.2) is 31.9 Å². The van der Waals surface area contributed by atoms with Gasteiger partial charge in [-0.2, -0.15) is 0 Å². The lowest BCUT2D eigenvalue weighted by Gasteiger charge is -2.17. The smallest absolute Gasteiger partial charge is 0.291 e. The van der Waals surface area contributed by atoms with E-state index in [9.17, 15) is 17.2 Å². The van der Waals surface area contributed by atoms with Crippen molar-refractivity contribution >= 4 is 38.2 Å². The summed E-state index contributed by atoms with van der Waals surface area (Å²) in [6.07, 6.45) is 0.875.